The van der Waals surface area contributed by atoms with Gasteiger partial charge in [0.05, 0.1) is 37.8 Å². The highest BCUT2D eigenvalue weighted by molar-refractivity contribution is 7.89. The molecule has 1 unspecified atom stereocenters. The molecule has 1 saturated carbocycles. The number of rotatable bonds is 6. The van der Waals surface area contributed by atoms with E-state index in [-0.39, 0.29) is 18.1 Å². The van der Waals surface area contributed by atoms with E-state index in [4.69, 9.17) is 4.74 Å². The molecule has 2 aromatic rings. The summed E-state index contributed by atoms with van der Waals surface area (Å²) in [4.78, 5) is 14.5. The van der Waals surface area contributed by atoms with Crippen LogP contribution in [0.1, 0.15) is 24.1 Å². The number of carbonyl (C=O) groups excluding carboxylic acids is 1. The van der Waals surface area contributed by atoms with Gasteiger partial charge in [-0.2, -0.15) is 4.31 Å². The standard InChI is InChI=1S/C19H24FN5O4S/c1-29-19(26)18-13-23(17-6-7-17)8-9-30(27,28)25(18)12-16-11-24(22-21-16)10-14-2-4-15(20)5-3-14/h2-5,11,17-18H,6-10,12-13H2,1H3. The molecule has 1 aromatic heterocycles. The lowest BCUT2D eigenvalue weighted by molar-refractivity contribution is -0.145. The molecule has 0 spiro atoms. The van der Waals surface area contributed by atoms with E-state index in [2.05, 4.69) is 15.2 Å². The molecule has 2 aliphatic rings. The highest BCUT2D eigenvalue weighted by Gasteiger charge is 2.43. The lowest BCUT2D eigenvalue weighted by atomic mass is 10.2. The number of sulfonamides is 1. The number of carbonyl (C=O) groups is 1. The third-order valence-corrected chi connectivity index (χ3v) is 7.24. The first-order chi connectivity index (χ1) is 14.4. The van der Waals surface area contributed by atoms with Crippen molar-refractivity contribution in [3.63, 3.8) is 0 Å². The number of hydrogen-bond donors (Lipinski definition) is 0. The fourth-order valence-corrected chi connectivity index (χ4v) is 5.25. The van der Waals surface area contributed by atoms with E-state index >= 15 is 0 Å². The molecule has 0 amide bonds. The van der Waals surface area contributed by atoms with Gasteiger partial charge in [-0.3, -0.25) is 9.69 Å². The van der Waals surface area contributed by atoms with Crippen LogP contribution in [0, 0.1) is 5.82 Å². The van der Waals surface area contributed by atoms with Crippen molar-refractivity contribution < 1.29 is 22.3 Å². The second kappa shape index (κ2) is 8.40. The summed E-state index contributed by atoms with van der Waals surface area (Å²) in [5.41, 5.74) is 1.26. The molecule has 4 rings (SSSR count). The summed E-state index contributed by atoms with van der Waals surface area (Å²) in [5.74, 6) is -0.955. The predicted octanol–water partition coefficient (Wildman–Crippen LogP) is 0.617. The number of ether oxygens (including phenoxy) is 1. The summed E-state index contributed by atoms with van der Waals surface area (Å²) in [6.07, 6.45) is 3.67. The van der Waals surface area contributed by atoms with Gasteiger partial charge in [-0.1, -0.05) is 17.3 Å². The minimum absolute atomic E-state index is 0.0549. The minimum Gasteiger partial charge on any atom is -0.468 e. The predicted molar refractivity (Wildman–Crippen MR) is 105 cm³/mol. The molecule has 0 radical (unpaired) electrons. The van der Waals surface area contributed by atoms with E-state index in [9.17, 15) is 17.6 Å². The van der Waals surface area contributed by atoms with Crippen LogP contribution in [0.15, 0.2) is 30.5 Å². The molecule has 1 atom stereocenters. The number of benzene rings is 1. The number of methoxy groups -OCH3 is 1. The van der Waals surface area contributed by atoms with Gasteiger partial charge in [-0.15, -0.1) is 5.10 Å². The van der Waals surface area contributed by atoms with E-state index in [1.54, 1.807) is 23.0 Å². The smallest absolute Gasteiger partial charge is 0.325 e. The largest absolute Gasteiger partial charge is 0.468 e. The quantitative estimate of drug-likeness (QED) is 0.611. The van der Waals surface area contributed by atoms with Crippen LogP contribution in [0.5, 0.6) is 0 Å². The van der Waals surface area contributed by atoms with Crippen molar-refractivity contribution in [1.82, 2.24) is 24.2 Å². The number of halogens is 1. The maximum absolute atomic E-state index is 13.1. The average molecular weight is 437 g/mol. The van der Waals surface area contributed by atoms with Crippen molar-refractivity contribution in [2.24, 2.45) is 0 Å². The van der Waals surface area contributed by atoms with E-state index in [1.807, 2.05) is 0 Å². The summed E-state index contributed by atoms with van der Waals surface area (Å²) < 4.78 is 46.6. The third kappa shape index (κ3) is 4.68. The van der Waals surface area contributed by atoms with Crippen molar-refractivity contribution in [3.8, 4) is 0 Å². The SMILES string of the molecule is COC(=O)C1CN(C2CC2)CCS(=O)(=O)N1Cc1cn(Cc2ccc(F)cc2)nn1. The molecule has 1 aliphatic heterocycles. The van der Waals surface area contributed by atoms with E-state index in [1.165, 1.54) is 23.5 Å². The molecule has 1 saturated heterocycles. The second-order valence-corrected chi connectivity index (χ2v) is 9.70. The third-order valence-electron chi connectivity index (χ3n) is 5.45. The van der Waals surface area contributed by atoms with Crippen LogP contribution in [0.25, 0.3) is 0 Å². The van der Waals surface area contributed by atoms with E-state index < -0.39 is 22.0 Å². The van der Waals surface area contributed by atoms with E-state index in [0.29, 0.717) is 31.4 Å². The molecule has 9 nitrogen and oxygen atoms in total. The number of esters is 1. The Kier molecular flexibility index (Phi) is 5.85. The van der Waals surface area contributed by atoms with Crippen LogP contribution < -0.4 is 0 Å². The molecule has 0 N–H and O–H groups in total. The van der Waals surface area contributed by atoms with Crippen molar-refractivity contribution in [2.75, 3.05) is 26.0 Å². The summed E-state index contributed by atoms with van der Waals surface area (Å²) >= 11 is 0. The molecule has 0 bridgehead atoms. The van der Waals surface area contributed by atoms with Crippen LogP contribution in [0.3, 0.4) is 0 Å². The zero-order valence-corrected chi connectivity index (χ0v) is 17.5. The molecule has 11 heteroatoms. The molecular formula is C19H24FN5O4S. The molecule has 1 aliphatic carbocycles. The number of hydrogen-bond acceptors (Lipinski definition) is 7. The first-order valence-electron chi connectivity index (χ1n) is 9.80. The first kappa shape index (κ1) is 20.9. The average Bonchev–Trinajstić information content (AvgIpc) is 3.49. The summed E-state index contributed by atoms with van der Waals surface area (Å²) in [5, 5.41) is 8.11. The maximum Gasteiger partial charge on any atom is 0.325 e. The maximum atomic E-state index is 13.1. The molecule has 162 valence electrons. The van der Waals surface area contributed by atoms with Crippen LogP contribution in [-0.2, 0) is 32.6 Å². The Hall–Kier alpha value is -2.37. The molecular weight excluding hydrogens is 413 g/mol. The summed E-state index contributed by atoms with van der Waals surface area (Å²) in [6, 6.07) is 5.44. The van der Waals surface area contributed by atoms with E-state index in [0.717, 1.165) is 18.4 Å². The first-order valence-corrected chi connectivity index (χ1v) is 11.4. The topological polar surface area (TPSA) is 97.6 Å². The fraction of sp³-hybridized carbons (Fsp3) is 0.526. The van der Waals surface area contributed by atoms with Crippen molar-refractivity contribution in [1.29, 1.82) is 0 Å². The van der Waals surface area contributed by atoms with Crippen LogP contribution >= 0.6 is 0 Å². The van der Waals surface area contributed by atoms with Crippen molar-refractivity contribution >= 4 is 16.0 Å². The normalized spacial score (nSPS) is 22.5. The lowest BCUT2D eigenvalue weighted by Crippen LogP contribution is -2.48. The highest BCUT2D eigenvalue weighted by atomic mass is 32.2. The molecule has 30 heavy (non-hydrogen) atoms. The Morgan fingerprint density at radius 1 is 1.23 bits per heavy atom. The lowest BCUT2D eigenvalue weighted by Gasteiger charge is -2.27. The van der Waals surface area contributed by atoms with Gasteiger partial charge in [0.1, 0.15) is 11.9 Å². The van der Waals surface area contributed by atoms with Crippen LogP contribution in [0.4, 0.5) is 4.39 Å². The Balaban J connectivity index is 1.53. The van der Waals surface area contributed by atoms with Gasteiger partial charge in [-0.25, -0.2) is 17.5 Å². The Morgan fingerprint density at radius 3 is 2.63 bits per heavy atom. The van der Waals surface area contributed by atoms with Crippen molar-refractivity contribution in [2.45, 2.75) is 38.0 Å². The zero-order valence-electron chi connectivity index (χ0n) is 16.6. The van der Waals surface area contributed by atoms with Gasteiger partial charge >= 0.3 is 5.97 Å². The van der Waals surface area contributed by atoms with Crippen molar-refractivity contribution in [3.05, 3.63) is 47.5 Å². The Bertz CT molecular complexity index is 1010. The number of nitrogens with zero attached hydrogens (tertiary/aromatic N) is 5. The Morgan fingerprint density at radius 2 is 1.97 bits per heavy atom. The van der Waals surface area contributed by atoms with Gasteiger partial charge in [0.2, 0.25) is 10.0 Å². The van der Waals surface area contributed by atoms with Crippen LogP contribution in [-0.4, -0.2) is 76.6 Å². The summed E-state index contributed by atoms with van der Waals surface area (Å²) in [6.45, 7) is 1.01. The van der Waals surface area contributed by atoms with Gasteiger partial charge in [0.25, 0.3) is 0 Å². The van der Waals surface area contributed by atoms with Gasteiger partial charge in [0, 0.05) is 19.1 Å². The molecule has 1 aromatic carbocycles. The zero-order chi connectivity index (χ0) is 21.3. The monoisotopic (exact) mass is 437 g/mol. The second-order valence-electron chi connectivity index (χ2n) is 7.66. The molecule has 2 fully saturated rings. The Labute approximate surface area is 174 Å². The van der Waals surface area contributed by atoms with Gasteiger partial charge in [-0.05, 0) is 30.5 Å². The highest BCUT2D eigenvalue weighted by Crippen LogP contribution is 2.30. The summed E-state index contributed by atoms with van der Waals surface area (Å²) in [7, 11) is -2.42. The number of aromatic nitrogens is 3. The fourth-order valence-electron chi connectivity index (χ4n) is 3.68. The minimum atomic E-state index is -3.68. The van der Waals surface area contributed by atoms with Crippen LogP contribution in [0.2, 0.25) is 0 Å². The molecule has 2 heterocycles. The van der Waals surface area contributed by atoms with Gasteiger partial charge < -0.3 is 4.74 Å². The van der Waals surface area contributed by atoms with Gasteiger partial charge in [0.15, 0.2) is 0 Å².